The Bertz CT molecular complexity index is 249. The van der Waals surface area contributed by atoms with Crippen LogP contribution in [0.25, 0.3) is 0 Å². The minimum atomic E-state index is -0.895. The number of nitriles is 1. The van der Waals surface area contributed by atoms with Crippen LogP contribution in [0, 0.1) is 17.2 Å². The number of hydrogen-bond donors (Lipinski definition) is 0. The van der Waals surface area contributed by atoms with Crippen molar-refractivity contribution in [3.63, 3.8) is 0 Å². The number of methoxy groups -OCH3 is 1. The molecule has 0 bridgehead atoms. The lowest BCUT2D eigenvalue weighted by atomic mass is 10.0. The molecule has 3 atom stereocenters. The predicted octanol–water partition coefficient (Wildman–Crippen LogP) is 1.85. The third-order valence-corrected chi connectivity index (χ3v) is 4.75. The van der Waals surface area contributed by atoms with E-state index in [1.807, 2.05) is 0 Å². The number of hydrogen-bond acceptors (Lipinski definition) is 3. The Hall–Kier alpha value is -0.400. The normalized spacial score (nSPS) is 29.1. The zero-order valence-corrected chi connectivity index (χ0v) is 10.1. The highest BCUT2D eigenvalue weighted by Crippen LogP contribution is 2.26. The summed E-state index contributed by atoms with van der Waals surface area (Å²) < 4.78 is 16.9. The van der Waals surface area contributed by atoms with E-state index >= 15 is 0 Å². The van der Waals surface area contributed by atoms with Gasteiger partial charge in [-0.25, -0.2) is 0 Å². The molecular weight excluding hydrogens is 210 g/mol. The van der Waals surface area contributed by atoms with Gasteiger partial charge in [-0.2, -0.15) is 5.26 Å². The number of nitrogens with zero attached hydrogens (tertiary/aromatic N) is 1. The number of ether oxygens (including phenoxy) is 1. The molecule has 0 heterocycles. The Kier molecular flexibility index (Phi) is 5.89. The molecule has 0 radical (unpaired) electrons. The van der Waals surface area contributed by atoms with E-state index < -0.39 is 10.8 Å². The third kappa shape index (κ3) is 3.92. The van der Waals surface area contributed by atoms with Gasteiger partial charge < -0.3 is 4.74 Å². The van der Waals surface area contributed by atoms with Crippen LogP contribution in [-0.2, 0) is 15.5 Å². The molecule has 0 spiro atoms. The Labute approximate surface area is 94.3 Å². The monoisotopic (exact) mass is 229 g/mol. The molecule has 4 heteroatoms. The molecule has 1 saturated carbocycles. The second-order valence-electron chi connectivity index (χ2n) is 3.99. The van der Waals surface area contributed by atoms with E-state index in [2.05, 4.69) is 6.07 Å². The molecule has 0 N–H and O–H groups in total. The molecular formula is C11H19NO2S. The average molecular weight is 229 g/mol. The second kappa shape index (κ2) is 6.97. The molecule has 3 nitrogen and oxygen atoms in total. The van der Waals surface area contributed by atoms with Gasteiger partial charge in [-0.15, -0.1) is 0 Å². The van der Waals surface area contributed by atoms with E-state index in [-0.39, 0.29) is 11.2 Å². The van der Waals surface area contributed by atoms with Gasteiger partial charge in [0.15, 0.2) is 0 Å². The first-order valence-corrected chi connectivity index (χ1v) is 6.93. The van der Waals surface area contributed by atoms with E-state index in [0.717, 1.165) is 25.7 Å². The molecule has 86 valence electrons. The summed E-state index contributed by atoms with van der Waals surface area (Å²) >= 11 is 0. The van der Waals surface area contributed by atoms with Gasteiger partial charge in [0.1, 0.15) is 0 Å². The van der Waals surface area contributed by atoms with Crippen molar-refractivity contribution >= 4 is 10.8 Å². The van der Waals surface area contributed by atoms with Gasteiger partial charge in [-0.1, -0.05) is 19.3 Å². The molecule has 1 rings (SSSR count). The molecule has 0 saturated heterocycles. The van der Waals surface area contributed by atoms with Crippen molar-refractivity contribution in [3.05, 3.63) is 0 Å². The van der Waals surface area contributed by atoms with Gasteiger partial charge in [0.25, 0.3) is 0 Å². The van der Waals surface area contributed by atoms with Crippen molar-refractivity contribution in [2.45, 2.75) is 37.4 Å². The van der Waals surface area contributed by atoms with E-state index in [4.69, 9.17) is 10.00 Å². The lowest BCUT2D eigenvalue weighted by molar-refractivity contribution is 0.217. The first-order valence-electron chi connectivity index (χ1n) is 5.55. The van der Waals surface area contributed by atoms with Crippen LogP contribution in [0.5, 0.6) is 0 Å². The second-order valence-corrected chi connectivity index (χ2v) is 5.76. The first-order chi connectivity index (χ1) is 7.29. The van der Waals surface area contributed by atoms with Gasteiger partial charge >= 0.3 is 0 Å². The molecule has 0 amide bonds. The summed E-state index contributed by atoms with van der Waals surface area (Å²) in [5, 5.41) is 9.12. The standard InChI is InChI=1S/C11H19NO2S/c1-14-7-8-15(13)11-6-4-2-3-5-10(11)9-12/h10-11H,2-8H2,1H3. The van der Waals surface area contributed by atoms with Crippen molar-refractivity contribution in [1.82, 2.24) is 0 Å². The van der Waals surface area contributed by atoms with E-state index in [0.29, 0.717) is 12.4 Å². The highest BCUT2D eigenvalue weighted by atomic mass is 32.2. The van der Waals surface area contributed by atoms with Crippen LogP contribution in [-0.4, -0.2) is 28.9 Å². The van der Waals surface area contributed by atoms with Crippen LogP contribution in [0.15, 0.2) is 0 Å². The summed E-state index contributed by atoms with van der Waals surface area (Å²) in [6.45, 7) is 0.529. The van der Waals surface area contributed by atoms with Crippen LogP contribution in [0.3, 0.4) is 0 Å². The van der Waals surface area contributed by atoms with Crippen LogP contribution < -0.4 is 0 Å². The van der Waals surface area contributed by atoms with Crippen LogP contribution in [0.1, 0.15) is 32.1 Å². The minimum Gasteiger partial charge on any atom is -0.384 e. The fourth-order valence-corrected chi connectivity index (χ4v) is 3.68. The van der Waals surface area contributed by atoms with Gasteiger partial charge in [0.2, 0.25) is 0 Å². The molecule has 0 aromatic carbocycles. The molecule has 1 fully saturated rings. The average Bonchev–Trinajstić information content (AvgIpc) is 2.50. The summed E-state index contributed by atoms with van der Waals surface area (Å²) in [5.74, 6) is 0.560. The lowest BCUT2D eigenvalue weighted by Gasteiger charge is -2.18. The summed E-state index contributed by atoms with van der Waals surface area (Å²) in [7, 11) is 0.722. The SMILES string of the molecule is COCCS(=O)C1CCCCCC1C#N. The summed E-state index contributed by atoms with van der Waals surface area (Å²) in [4.78, 5) is 0. The van der Waals surface area contributed by atoms with E-state index in [9.17, 15) is 4.21 Å². The molecule has 0 aliphatic heterocycles. The maximum Gasteiger partial charge on any atom is 0.0668 e. The quantitative estimate of drug-likeness (QED) is 0.691. The highest BCUT2D eigenvalue weighted by molar-refractivity contribution is 7.85. The zero-order chi connectivity index (χ0) is 11.1. The molecule has 0 aromatic heterocycles. The lowest BCUT2D eigenvalue weighted by Crippen LogP contribution is -2.26. The first kappa shape index (κ1) is 12.7. The van der Waals surface area contributed by atoms with Crippen LogP contribution in [0.2, 0.25) is 0 Å². The largest absolute Gasteiger partial charge is 0.384 e. The number of rotatable bonds is 4. The third-order valence-electron chi connectivity index (χ3n) is 2.94. The van der Waals surface area contributed by atoms with Crippen molar-refractivity contribution in [2.24, 2.45) is 5.92 Å². The molecule has 1 aliphatic rings. The highest BCUT2D eigenvalue weighted by Gasteiger charge is 2.28. The Morgan fingerprint density at radius 1 is 1.40 bits per heavy atom. The Morgan fingerprint density at radius 2 is 2.13 bits per heavy atom. The molecule has 1 aliphatic carbocycles. The molecule has 3 unspecified atom stereocenters. The van der Waals surface area contributed by atoms with E-state index in [1.165, 1.54) is 6.42 Å². The van der Waals surface area contributed by atoms with Gasteiger partial charge in [0.05, 0.1) is 23.8 Å². The minimum absolute atomic E-state index is 0.00908. The van der Waals surface area contributed by atoms with Crippen LogP contribution in [0.4, 0.5) is 0 Å². The Morgan fingerprint density at radius 3 is 2.80 bits per heavy atom. The zero-order valence-electron chi connectivity index (χ0n) is 9.28. The van der Waals surface area contributed by atoms with Gasteiger partial charge in [-0.05, 0) is 12.8 Å². The Balaban J connectivity index is 2.54. The molecule has 0 aromatic rings. The summed E-state index contributed by atoms with van der Waals surface area (Å²) in [6.07, 6.45) is 5.25. The maximum absolute atomic E-state index is 12.0. The van der Waals surface area contributed by atoms with E-state index in [1.54, 1.807) is 7.11 Å². The van der Waals surface area contributed by atoms with Crippen LogP contribution >= 0.6 is 0 Å². The van der Waals surface area contributed by atoms with Gasteiger partial charge in [0, 0.05) is 23.7 Å². The van der Waals surface area contributed by atoms with Crippen molar-refractivity contribution in [3.8, 4) is 6.07 Å². The fraction of sp³-hybridized carbons (Fsp3) is 0.909. The van der Waals surface area contributed by atoms with Crippen molar-refractivity contribution < 1.29 is 8.95 Å². The van der Waals surface area contributed by atoms with Gasteiger partial charge in [-0.3, -0.25) is 4.21 Å². The fourth-order valence-electron chi connectivity index (χ4n) is 2.05. The topological polar surface area (TPSA) is 50.1 Å². The summed E-state index contributed by atoms with van der Waals surface area (Å²) in [5.41, 5.74) is 0. The maximum atomic E-state index is 12.0. The van der Waals surface area contributed by atoms with Crippen molar-refractivity contribution in [1.29, 1.82) is 5.26 Å². The smallest absolute Gasteiger partial charge is 0.0668 e. The predicted molar refractivity (Wildman–Crippen MR) is 60.9 cm³/mol. The summed E-state index contributed by atoms with van der Waals surface area (Å²) in [6, 6.07) is 2.32. The van der Waals surface area contributed by atoms with Crippen molar-refractivity contribution in [2.75, 3.05) is 19.5 Å². The molecule has 15 heavy (non-hydrogen) atoms.